The molecular formula is C18H24ClFN2O3S. The zero-order valence-electron chi connectivity index (χ0n) is 14.6. The molecule has 5 nitrogen and oxygen atoms in total. The smallest absolute Gasteiger partial charge is 0.223 e. The normalized spacial score (nSPS) is 20.4. The number of halogens is 2. The Bertz CT molecular complexity index is 737. The summed E-state index contributed by atoms with van der Waals surface area (Å²) in [5.41, 5.74) is -0.00438. The van der Waals surface area contributed by atoms with E-state index in [1.54, 1.807) is 0 Å². The van der Waals surface area contributed by atoms with E-state index in [9.17, 15) is 17.6 Å². The highest BCUT2D eigenvalue weighted by molar-refractivity contribution is 7.88. The van der Waals surface area contributed by atoms with Gasteiger partial charge in [0, 0.05) is 35.6 Å². The van der Waals surface area contributed by atoms with Crippen molar-refractivity contribution in [1.82, 2.24) is 9.62 Å². The standard InChI is InChI=1S/C18H24ClFN2O3S/c19-16-6-3-7-17(20)15(16)12-26(24,25)22-10-8-13(9-11-22)18(23)21-14-4-1-2-5-14/h3,6-7,13-14H,1-2,4-5,8-12H2,(H,21,23). The number of amides is 1. The number of hydrogen-bond donors (Lipinski definition) is 1. The Labute approximate surface area is 158 Å². The van der Waals surface area contributed by atoms with Crippen molar-refractivity contribution in [2.75, 3.05) is 13.1 Å². The molecule has 1 saturated heterocycles. The molecule has 0 bridgehead atoms. The Kier molecular flexibility index (Phi) is 6.20. The van der Waals surface area contributed by atoms with E-state index in [2.05, 4.69) is 5.32 Å². The third-order valence-electron chi connectivity index (χ3n) is 5.31. The van der Waals surface area contributed by atoms with Gasteiger partial charge in [-0.2, -0.15) is 0 Å². The summed E-state index contributed by atoms with van der Waals surface area (Å²) in [6.45, 7) is 0.550. The fourth-order valence-electron chi connectivity index (χ4n) is 3.73. The first kappa shape index (κ1) is 19.6. The van der Waals surface area contributed by atoms with Crippen LogP contribution in [0.1, 0.15) is 44.1 Å². The molecule has 0 aromatic heterocycles. The van der Waals surface area contributed by atoms with Crippen LogP contribution in [0.4, 0.5) is 4.39 Å². The quantitative estimate of drug-likeness (QED) is 0.823. The SMILES string of the molecule is O=C(NC1CCCC1)C1CCN(S(=O)(=O)Cc2c(F)cccc2Cl)CC1. The van der Waals surface area contributed by atoms with Crippen LogP contribution in [0.15, 0.2) is 18.2 Å². The molecule has 1 aromatic carbocycles. The average Bonchev–Trinajstić information content (AvgIpc) is 3.11. The predicted molar refractivity (Wildman–Crippen MR) is 98.7 cm³/mol. The maximum absolute atomic E-state index is 13.9. The number of sulfonamides is 1. The number of nitrogens with one attached hydrogen (secondary N) is 1. The largest absolute Gasteiger partial charge is 0.353 e. The second-order valence-corrected chi connectivity index (χ2v) is 9.50. The summed E-state index contributed by atoms with van der Waals surface area (Å²) in [6.07, 6.45) is 5.34. The van der Waals surface area contributed by atoms with E-state index in [4.69, 9.17) is 11.6 Å². The first-order chi connectivity index (χ1) is 12.4. The average molecular weight is 403 g/mol. The Balaban J connectivity index is 1.57. The molecule has 0 unspecified atom stereocenters. The highest BCUT2D eigenvalue weighted by Gasteiger charge is 2.33. The van der Waals surface area contributed by atoms with E-state index in [1.807, 2.05) is 0 Å². The monoisotopic (exact) mass is 402 g/mol. The summed E-state index contributed by atoms with van der Waals surface area (Å²) in [5, 5.41) is 3.19. The fraction of sp³-hybridized carbons (Fsp3) is 0.611. The molecule has 1 heterocycles. The zero-order chi connectivity index (χ0) is 18.7. The molecule has 1 amide bonds. The predicted octanol–water partition coefficient (Wildman–Crippen LogP) is 3.08. The molecule has 1 aromatic rings. The van der Waals surface area contributed by atoms with E-state index in [0.717, 1.165) is 25.7 Å². The number of rotatable bonds is 5. The van der Waals surface area contributed by atoms with Gasteiger partial charge in [0.25, 0.3) is 0 Å². The minimum Gasteiger partial charge on any atom is -0.353 e. The lowest BCUT2D eigenvalue weighted by atomic mass is 9.97. The van der Waals surface area contributed by atoms with Gasteiger partial charge in [0.1, 0.15) is 5.82 Å². The molecule has 1 aliphatic heterocycles. The first-order valence-electron chi connectivity index (χ1n) is 9.08. The van der Waals surface area contributed by atoms with Crippen molar-refractivity contribution in [2.45, 2.75) is 50.3 Å². The number of carbonyl (C=O) groups is 1. The van der Waals surface area contributed by atoms with Crippen molar-refractivity contribution in [2.24, 2.45) is 5.92 Å². The van der Waals surface area contributed by atoms with Gasteiger partial charge < -0.3 is 5.32 Å². The van der Waals surface area contributed by atoms with Crippen LogP contribution in [-0.4, -0.2) is 37.8 Å². The minimum atomic E-state index is -3.68. The summed E-state index contributed by atoms with van der Waals surface area (Å²) in [6, 6.07) is 4.40. The van der Waals surface area contributed by atoms with Gasteiger partial charge in [-0.1, -0.05) is 30.5 Å². The van der Waals surface area contributed by atoms with Gasteiger partial charge in [-0.3, -0.25) is 4.79 Å². The van der Waals surface area contributed by atoms with Gasteiger partial charge in [0.15, 0.2) is 0 Å². The molecule has 0 spiro atoms. The third kappa shape index (κ3) is 4.56. The van der Waals surface area contributed by atoms with Gasteiger partial charge in [0.2, 0.25) is 15.9 Å². The van der Waals surface area contributed by atoms with Gasteiger partial charge in [-0.25, -0.2) is 17.1 Å². The van der Waals surface area contributed by atoms with Crippen LogP contribution >= 0.6 is 11.6 Å². The number of carbonyl (C=O) groups excluding carboxylic acids is 1. The van der Waals surface area contributed by atoms with E-state index < -0.39 is 21.6 Å². The van der Waals surface area contributed by atoms with Crippen molar-refractivity contribution >= 4 is 27.5 Å². The second kappa shape index (κ2) is 8.23. The second-order valence-electron chi connectivity index (χ2n) is 7.12. The highest BCUT2D eigenvalue weighted by Crippen LogP contribution is 2.26. The van der Waals surface area contributed by atoms with Gasteiger partial charge in [-0.15, -0.1) is 0 Å². The van der Waals surface area contributed by atoms with Crippen molar-refractivity contribution in [1.29, 1.82) is 0 Å². The van der Waals surface area contributed by atoms with E-state index in [0.29, 0.717) is 12.8 Å². The Morgan fingerprint density at radius 2 is 1.85 bits per heavy atom. The van der Waals surface area contributed by atoms with Gasteiger partial charge in [-0.05, 0) is 37.8 Å². The van der Waals surface area contributed by atoms with Crippen molar-refractivity contribution in [3.8, 4) is 0 Å². The molecule has 3 rings (SSSR count). The third-order valence-corrected chi connectivity index (χ3v) is 7.47. The molecule has 0 atom stereocenters. The molecule has 8 heteroatoms. The molecule has 1 saturated carbocycles. The van der Waals surface area contributed by atoms with E-state index in [-0.39, 0.29) is 41.5 Å². The summed E-state index contributed by atoms with van der Waals surface area (Å²) in [4.78, 5) is 12.3. The Morgan fingerprint density at radius 1 is 1.19 bits per heavy atom. The van der Waals surface area contributed by atoms with Crippen LogP contribution in [0.2, 0.25) is 5.02 Å². The minimum absolute atomic E-state index is 0.00438. The van der Waals surface area contributed by atoms with Crippen LogP contribution in [0.5, 0.6) is 0 Å². The highest BCUT2D eigenvalue weighted by atomic mass is 35.5. The lowest BCUT2D eigenvalue weighted by molar-refractivity contribution is -0.126. The molecule has 2 aliphatic rings. The van der Waals surface area contributed by atoms with Gasteiger partial charge >= 0.3 is 0 Å². The van der Waals surface area contributed by atoms with Crippen molar-refractivity contribution in [3.05, 3.63) is 34.6 Å². The molecular weight excluding hydrogens is 379 g/mol. The summed E-state index contributed by atoms with van der Waals surface area (Å²) in [5.74, 6) is -1.20. The fourth-order valence-corrected chi connectivity index (χ4v) is 5.65. The maximum atomic E-state index is 13.9. The van der Waals surface area contributed by atoms with Crippen LogP contribution in [0.25, 0.3) is 0 Å². The number of benzene rings is 1. The van der Waals surface area contributed by atoms with Crippen molar-refractivity contribution in [3.63, 3.8) is 0 Å². The molecule has 1 N–H and O–H groups in total. The summed E-state index contributed by atoms with van der Waals surface area (Å²) in [7, 11) is -3.68. The summed E-state index contributed by atoms with van der Waals surface area (Å²) < 4.78 is 40.5. The first-order valence-corrected chi connectivity index (χ1v) is 11.1. The van der Waals surface area contributed by atoms with Crippen LogP contribution in [0.3, 0.4) is 0 Å². The lowest BCUT2D eigenvalue weighted by Gasteiger charge is -2.31. The number of nitrogens with zero attached hydrogens (tertiary/aromatic N) is 1. The maximum Gasteiger partial charge on any atom is 0.223 e. The number of piperidine rings is 1. The Hall–Kier alpha value is -1.18. The number of hydrogen-bond acceptors (Lipinski definition) is 3. The van der Waals surface area contributed by atoms with E-state index in [1.165, 1.54) is 22.5 Å². The molecule has 144 valence electrons. The van der Waals surface area contributed by atoms with Crippen LogP contribution in [0, 0.1) is 11.7 Å². The van der Waals surface area contributed by atoms with E-state index >= 15 is 0 Å². The van der Waals surface area contributed by atoms with Crippen LogP contribution < -0.4 is 5.32 Å². The molecule has 2 fully saturated rings. The summed E-state index contributed by atoms with van der Waals surface area (Å²) >= 11 is 5.94. The van der Waals surface area contributed by atoms with Crippen LogP contribution in [-0.2, 0) is 20.6 Å². The Morgan fingerprint density at radius 3 is 2.46 bits per heavy atom. The van der Waals surface area contributed by atoms with Crippen molar-refractivity contribution < 1.29 is 17.6 Å². The van der Waals surface area contributed by atoms with Gasteiger partial charge in [0.05, 0.1) is 5.75 Å². The zero-order valence-corrected chi connectivity index (χ0v) is 16.2. The molecule has 0 radical (unpaired) electrons. The topological polar surface area (TPSA) is 66.5 Å². The molecule has 1 aliphatic carbocycles. The lowest BCUT2D eigenvalue weighted by Crippen LogP contribution is -2.45. The molecule has 26 heavy (non-hydrogen) atoms.